The average molecular weight is 254 g/mol. The van der Waals surface area contributed by atoms with E-state index in [0.29, 0.717) is 17.7 Å². The van der Waals surface area contributed by atoms with Crippen molar-refractivity contribution >= 4 is 5.91 Å². The van der Waals surface area contributed by atoms with Gasteiger partial charge in [0.05, 0.1) is 0 Å². The molecular weight excluding hydrogens is 235 g/mol. The van der Waals surface area contributed by atoms with Crippen LogP contribution in [0.25, 0.3) is 0 Å². The number of carbonyl (C=O) groups excluding carboxylic acids is 1. The van der Waals surface area contributed by atoms with E-state index in [1.54, 1.807) is 6.92 Å². The second-order valence-corrected chi connectivity index (χ2v) is 4.31. The topological polar surface area (TPSA) is 64.3 Å². The van der Waals surface area contributed by atoms with Gasteiger partial charge in [-0.1, -0.05) is 0 Å². The van der Waals surface area contributed by atoms with Crippen molar-refractivity contribution < 1.29 is 13.9 Å². The summed E-state index contributed by atoms with van der Waals surface area (Å²) in [7, 11) is 1.54. The van der Waals surface area contributed by atoms with Crippen LogP contribution in [0.4, 0.5) is 4.39 Å². The number of amides is 1. The summed E-state index contributed by atoms with van der Waals surface area (Å²) in [5, 5.41) is 2.49. The third-order valence-corrected chi connectivity index (χ3v) is 2.48. The summed E-state index contributed by atoms with van der Waals surface area (Å²) >= 11 is 0. The number of hydrogen-bond donors (Lipinski definition) is 2. The fourth-order valence-corrected chi connectivity index (χ4v) is 1.62. The zero-order chi connectivity index (χ0) is 13.7. The van der Waals surface area contributed by atoms with Crippen molar-refractivity contribution in [2.45, 2.75) is 32.4 Å². The van der Waals surface area contributed by atoms with Gasteiger partial charge in [-0.25, -0.2) is 4.39 Å². The van der Waals surface area contributed by atoms with Gasteiger partial charge in [-0.15, -0.1) is 0 Å². The molecule has 2 atom stereocenters. The van der Waals surface area contributed by atoms with Crippen LogP contribution in [0.3, 0.4) is 0 Å². The molecule has 0 saturated heterocycles. The molecule has 0 heterocycles. The maximum atomic E-state index is 13.2. The van der Waals surface area contributed by atoms with E-state index in [1.165, 1.54) is 25.2 Å². The van der Waals surface area contributed by atoms with E-state index >= 15 is 0 Å². The van der Waals surface area contributed by atoms with Gasteiger partial charge < -0.3 is 15.8 Å². The Morgan fingerprint density at radius 3 is 2.72 bits per heavy atom. The molecule has 0 saturated carbocycles. The number of hydrogen-bond acceptors (Lipinski definition) is 3. The summed E-state index contributed by atoms with van der Waals surface area (Å²) in [5.41, 5.74) is 6.37. The van der Waals surface area contributed by atoms with Crippen LogP contribution < -0.4 is 15.8 Å². The SMILES string of the molecule is CNC(=O)C(C)Oc1ccc(F)cc1CC(C)N. The molecule has 1 aromatic rings. The minimum absolute atomic E-state index is 0.107. The van der Waals surface area contributed by atoms with Crippen LogP contribution >= 0.6 is 0 Å². The van der Waals surface area contributed by atoms with E-state index in [4.69, 9.17) is 10.5 Å². The molecular formula is C13H19FN2O2. The largest absolute Gasteiger partial charge is 0.481 e. The van der Waals surface area contributed by atoms with Crippen LogP contribution in [-0.2, 0) is 11.2 Å². The monoisotopic (exact) mass is 254 g/mol. The summed E-state index contributed by atoms with van der Waals surface area (Å²) < 4.78 is 18.7. The molecule has 0 fully saturated rings. The standard InChI is InChI=1S/C13H19FN2O2/c1-8(15)6-10-7-11(14)4-5-12(10)18-9(2)13(17)16-3/h4-5,7-9H,6,15H2,1-3H3,(H,16,17). The van der Waals surface area contributed by atoms with Crippen LogP contribution in [-0.4, -0.2) is 25.1 Å². The van der Waals surface area contributed by atoms with Gasteiger partial charge in [0.2, 0.25) is 0 Å². The molecule has 0 aliphatic rings. The predicted octanol–water partition coefficient (Wildman–Crippen LogP) is 1.23. The zero-order valence-electron chi connectivity index (χ0n) is 10.9. The quantitative estimate of drug-likeness (QED) is 0.830. The molecule has 0 radical (unpaired) electrons. The lowest BCUT2D eigenvalue weighted by molar-refractivity contribution is -0.126. The van der Waals surface area contributed by atoms with Gasteiger partial charge in [0.25, 0.3) is 5.91 Å². The summed E-state index contributed by atoms with van der Waals surface area (Å²) in [5.74, 6) is -0.0820. The van der Waals surface area contributed by atoms with Crippen molar-refractivity contribution in [2.24, 2.45) is 5.73 Å². The van der Waals surface area contributed by atoms with Crippen molar-refractivity contribution in [1.29, 1.82) is 0 Å². The first-order chi connectivity index (χ1) is 8.43. The minimum Gasteiger partial charge on any atom is -0.481 e. The molecule has 2 unspecified atom stereocenters. The molecule has 5 heteroatoms. The number of nitrogens with one attached hydrogen (secondary N) is 1. The van der Waals surface area contributed by atoms with Crippen LogP contribution in [0.5, 0.6) is 5.75 Å². The van der Waals surface area contributed by atoms with Crippen molar-refractivity contribution in [3.05, 3.63) is 29.6 Å². The highest BCUT2D eigenvalue weighted by atomic mass is 19.1. The maximum absolute atomic E-state index is 13.2. The predicted molar refractivity (Wildman–Crippen MR) is 67.9 cm³/mol. The van der Waals surface area contributed by atoms with E-state index in [0.717, 1.165) is 0 Å². The van der Waals surface area contributed by atoms with E-state index in [-0.39, 0.29) is 17.8 Å². The number of carbonyl (C=O) groups is 1. The second-order valence-electron chi connectivity index (χ2n) is 4.31. The van der Waals surface area contributed by atoms with Gasteiger partial charge in [0.15, 0.2) is 6.10 Å². The van der Waals surface area contributed by atoms with Crippen LogP contribution in [0.1, 0.15) is 19.4 Å². The third kappa shape index (κ3) is 4.00. The van der Waals surface area contributed by atoms with E-state index in [1.807, 2.05) is 6.92 Å². The number of benzene rings is 1. The van der Waals surface area contributed by atoms with Gasteiger partial charge in [-0.05, 0) is 44.0 Å². The number of halogens is 1. The molecule has 0 spiro atoms. The Morgan fingerprint density at radius 2 is 2.17 bits per heavy atom. The fourth-order valence-electron chi connectivity index (χ4n) is 1.62. The van der Waals surface area contributed by atoms with Crippen molar-refractivity contribution in [1.82, 2.24) is 5.32 Å². The molecule has 100 valence electrons. The lowest BCUT2D eigenvalue weighted by atomic mass is 10.1. The molecule has 0 aromatic heterocycles. The van der Waals surface area contributed by atoms with Gasteiger partial charge in [-0.2, -0.15) is 0 Å². The van der Waals surface area contributed by atoms with Gasteiger partial charge in [-0.3, -0.25) is 4.79 Å². The van der Waals surface area contributed by atoms with Crippen LogP contribution in [0.2, 0.25) is 0 Å². The van der Waals surface area contributed by atoms with Crippen molar-refractivity contribution in [3.63, 3.8) is 0 Å². The first-order valence-corrected chi connectivity index (χ1v) is 5.86. The number of rotatable bonds is 5. The molecule has 0 aliphatic carbocycles. The molecule has 1 aromatic carbocycles. The Hall–Kier alpha value is -1.62. The van der Waals surface area contributed by atoms with Gasteiger partial charge in [0.1, 0.15) is 11.6 Å². The summed E-state index contributed by atoms with van der Waals surface area (Å²) in [4.78, 5) is 11.4. The molecule has 1 amide bonds. The summed E-state index contributed by atoms with van der Waals surface area (Å²) in [6, 6.07) is 4.10. The Morgan fingerprint density at radius 1 is 1.50 bits per heavy atom. The van der Waals surface area contributed by atoms with E-state index in [9.17, 15) is 9.18 Å². The third-order valence-electron chi connectivity index (χ3n) is 2.48. The van der Waals surface area contributed by atoms with E-state index < -0.39 is 6.10 Å². The Kier molecular flexibility index (Phi) is 5.09. The van der Waals surface area contributed by atoms with Crippen molar-refractivity contribution in [3.8, 4) is 5.75 Å². The summed E-state index contributed by atoms with van der Waals surface area (Å²) in [6.07, 6.45) is -0.139. The fraction of sp³-hybridized carbons (Fsp3) is 0.462. The van der Waals surface area contributed by atoms with Crippen LogP contribution in [0.15, 0.2) is 18.2 Å². The summed E-state index contributed by atoms with van der Waals surface area (Å²) in [6.45, 7) is 3.47. The smallest absolute Gasteiger partial charge is 0.260 e. The van der Waals surface area contributed by atoms with Crippen LogP contribution in [0, 0.1) is 5.82 Å². The molecule has 4 nitrogen and oxygen atoms in total. The highest BCUT2D eigenvalue weighted by Gasteiger charge is 2.15. The Labute approximate surface area is 106 Å². The molecule has 3 N–H and O–H groups in total. The maximum Gasteiger partial charge on any atom is 0.260 e. The molecule has 0 aliphatic heterocycles. The molecule has 1 rings (SSSR count). The Bertz CT molecular complexity index is 421. The lowest BCUT2D eigenvalue weighted by Crippen LogP contribution is -2.34. The van der Waals surface area contributed by atoms with Crippen molar-refractivity contribution in [2.75, 3.05) is 7.05 Å². The number of nitrogens with two attached hydrogens (primary N) is 1. The first-order valence-electron chi connectivity index (χ1n) is 5.86. The highest BCUT2D eigenvalue weighted by molar-refractivity contribution is 5.80. The van der Waals surface area contributed by atoms with Gasteiger partial charge in [0, 0.05) is 13.1 Å². The molecule has 0 bridgehead atoms. The number of ether oxygens (including phenoxy) is 1. The lowest BCUT2D eigenvalue weighted by Gasteiger charge is -2.17. The Balaban J connectivity index is 2.90. The number of likely N-dealkylation sites (N-methyl/N-ethyl adjacent to an activating group) is 1. The van der Waals surface area contributed by atoms with Gasteiger partial charge >= 0.3 is 0 Å². The highest BCUT2D eigenvalue weighted by Crippen LogP contribution is 2.22. The second kappa shape index (κ2) is 6.35. The zero-order valence-corrected chi connectivity index (χ0v) is 10.9. The first kappa shape index (κ1) is 14.4. The normalized spacial score (nSPS) is 13.8. The minimum atomic E-state index is -0.632. The average Bonchev–Trinajstić information content (AvgIpc) is 2.30. The van der Waals surface area contributed by atoms with E-state index in [2.05, 4.69) is 5.32 Å². The molecule has 18 heavy (non-hydrogen) atoms.